The van der Waals surface area contributed by atoms with E-state index in [-0.39, 0.29) is 5.41 Å². The van der Waals surface area contributed by atoms with Crippen LogP contribution in [-0.4, -0.2) is 26.2 Å². The van der Waals surface area contributed by atoms with Gasteiger partial charge < -0.3 is 16.4 Å². The van der Waals surface area contributed by atoms with Crippen LogP contribution >= 0.6 is 15.9 Å². The molecule has 1 aromatic rings. The van der Waals surface area contributed by atoms with Crippen molar-refractivity contribution in [3.05, 3.63) is 28.7 Å². The van der Waals surface area contributed by atoms with Crippen LogP contribution in [0, 0.1) is 5.41 Å². The summed E-state index contributed by atoms with van der Waals surface area (Å²) < 4.78 is 1.12. The fraction of sp³-hybridized carbons (Fsp3) is 0.538. The number of hydrogen-bond acceptors (Lipinski definition) is 3. The highest BCUT2D eigenvalue weighted by Gasteiger charge is 2.31. The summed E-state index contributed by atoms with van der Waals surface area (Å²) in [7, 11) is 0. The lowest BCUT2D eigenvalue weighted by atomic mass is 9.78. The van der Waals surface area contributed by atoms with Crippen LogP contribution in [-0.2, 0) is 0 Å². The first-order chi connectivity index (χ1) is 8.19. The third-order valence-corrected chi connectivity index (χ3v) is 4.41. The molecule has 1 fully saturated rings. The van der Waals surface area contributed by atoms with E-state index in [0.29, 0.717) is 13.1 Å². The fourth-order valence-electron chi connectivity index (χ4n) is 2.38. The number of halogens is 1. The number of hydrogen-bond donors (Lipinski definition) is 2. The zero-order valence-electron chi connectivity index (χ0n) is 10.0. The molecule has 1 aromatic carbocycles. The third kappa shape index (κ3) is 2.81. The fourth-order valence-corrected chi connectivity index (χ4v) is 2.65. The van der Waals surface area contributed by atoms with Gasteiger partial charge in [-0.25, -0.2) is 0 Å². The maximum absolute atomic E-state index is 5.85. The van der Waals surface area contributed by atoms with Gasteiger partial charge in [-0.1, -0.05) is 15.9 Å². The summed E-state index contributed by atoms with van der Waals surface area (Å²) in [6.07, 6.45) is 2.19. The molecule has 0 atom stereocenters. The molecule has 1 aliphatic heterocycles. The van der Waals surface area contributed by atoms with Crippen molar-refractivity contribution in [3.8, 4) is 0 Å². The van der Waals surface area contributed by atoms with Crippen molar-refractivity contribution >= 4 is 21.6 Å². The van der Waals surface area contributed by atoms with Gasteiger partial charge in [0.1, 0.15) is 0 Å². The summed E-state index contributed by atoms with van der Waals surface area (Å²) in [4.78, 5) is 2.41. The van der Waals surface area contributed by atoms with Crippen LogP contribution in [0.2, 0.25) is 0 Å². The Hall–Kier alpha value is -0.580. The van der Waals surface area contributed by atoms with Crippen LogP contribution in [0.1, 0.15) is 12.8 Å². The molecule has 0 spiro atoms. The molecular formula is C13H20BrN3. The van der Waals surface area contributed by atoms with Crippen molar-refractivity contribution < 1.29 is 0 Å². The van der Waals surface area contributed by atoms with Gasteiger partial charge in [0.2, 0.25) is 0 Å². The second-order valence-corrected chi connectivity index (χ2v) is 5.79. The minimum absolute atomic E-state index is 0.172. The normalized spacial score (nSPS) is 19.4. The Morgan fingerprint density at radius 3 is 2.06 bits per heavy atom. The number of piperidine rings is 1. The van der Waals surface area contributed by atoms with Crippen molar-refractivity contribution in [1.82, 2.24) is 0 Å². The highest BCUT2D eigenvalue weighted by molar-refractivity contribution is 9.10. The highest BCUT2D eigenvalue weighted by atomic mass is 79.9. The molecule has 4 N–H and O–H groups in total. The molecule has 2 rings (SSSR count). The standard InChI is InChI=1S/C13H20BrN3/c14-11-1-3-12(4-2-11)17-7-5-13(9-15,10-16)6-8-17/h1-4H,5-10,15-16H2. The van der Waals surface area contributed by atoms with Crippen LogP contribution in [0.25, 0.3) is 0 Å². The van der Waals surface area contributed by atoms with E-state index in [1.165, 1.54) is 5.69 Å². The van der Waals surface area contributed by atoms with E-state index >= 15 is 0 Å². The predicted molar refractivity (Wildman–Crippen MR) is 76.1 cm³/mol. The molecule has 0 amide bonds. The third-order valence-electron chi connectivity index (χ3n) is 3.88. The minimum atomic E-state index is 0.172. The Morgan fingerprint density at radius 1 is 1.06 bits per heavy atom. The van der Waals surface area contributed by atoms with Gasteiger partial charge in [0.05, 0.1) is 0 Å². The molecular weight excluding hydrogens is 278 g/mol. The quantitative estimate of drug-likeness (QED) is 0.897. The van der Waals surface area contributed by atoms with Crippen molar-refractivity contribution in [2.45, 2.75) is 12.8 Å². The molecule has 0 aromatic heterocycles. The van der Waals surface area contributed by atoms with Gasteiger partial charge in [0.25, 0.3) is 0 Å². The number of nitrogens with zero attached hydrogens (tertiary/aromatic N) is 1. The number of nitrogens with two attached hydrogens (primary N) is 2. The molecule has 0 radical (unpaired) electrons. The van der Waals surface area contributed by atoms with Crippen molar-refractivity contribution in [2.75, 3.05) is 31.1 Å². The zero-order valence-corrected chi connectivity index (χ0v) is 11.6. The molecule has 17 heavy (non-hydrogen) atoms. The predicted octanol–water partition coefficient (Wildman–Crippen LogP) is 1.95. The lowest BCUT2D eigenvalue weighted by Crippen LogP contribution is -2.47. The van der Waals surface area contributed by atoms with Crippen molar-refractivity contribution in [2.24, 2.45) is 16.9 Å². The molecule has 1 aliphatic rings. The van der Waals surface area contributed by atoms with E-state index in [9.17, 15) is 0 Å². The Bertz CT molecular complexity index is 349. The Labute approximate surface area is 111 Å². The number of anilines is 1. The molecule has 1 saturated heterocycles. The SMILES string of the molecule is NCC1(CN)CCN(c2ccc(Br)cc2)CC1. The Balaban J connectivity index is 2.01. The van der Waals surface area contributed by atoms with Crippen LogP contribution in [0.4, 0.5) is 5.69 Å². The lowest BCUT2D eigenvalue weighted by Gasteiger charge is -2.41. The van der Waals surface area contributed by atoms with Gasteiger partial charge in [-0.15, -0.1) is 0 Å². The van der Waals surface area contributed by atoms with Gasteiger partial charge in [0.15, 0.2) is 0 Å². The summed E-state index contributed by atoms with van der Waals surface area (Å²) in [5.41, 5.74) is 13.2. The Kier molecular flexibility index (Phi) is 4.07. The number of benzene rings is 1. The van der Waals surface area contributed by atoms with E-state index in [2.05, 4.69) is 45.1 Å². The molecule has 1 heterocycles. The Morgan fingerprint density at radius 2 is 1.59 bits per heavy atom. The maximum atomic E-state index is 5.85. The van der Waals surface area contributed by atoms with E-state index in [0.717, 1.165) is 30.4 Å². The maximum Gasteiger partial charge on any atom is 0.0366 e. The monoisotopic (exact) mass is 297 g/mol. The largest absolute Gasteiger partial charge is 0.371 e. The van der Waals surface area contributed by atoms with Gasteiger partial charge in [0, 0.05) is 23.2 Å². The zero-order chi connectivity index (χ0) is 12.3. The van der Waals surface area contributed by atoms with E-state index in [1.54, 1.807) is 0 Å². The van der Waals surface area contributed by atoms with E-state index < -0.39 is 0 Å². The lowest BCUT2D eigenvalue weighted by molar-refractivity contribution is 0.238. The molecule has 3 nitrogen and oxygen atoms in total. The van der Waals surface area contributed by atoms with Crippen molar-refractivity contribution in [3.63, 3.8) is 0 Å². The van der Waals surface area contributed by atoms with Crippen LogP contribution in [0.15, 0.2) is 28.7 Å². The van der Waals surface area contributed by atoms with Gasteiger partial charge in [-0.3, -0.25) is 0 Å². The van der Waals surface area contributed by atoms with E-state index in [1.807, 2.05) is 0 Å². The summed E-state index contributed by atoms with van der Waals surface area (Å²) in [6.45, 7) is 3.52. The molecule has 0 saturated carbocycles. The first kappa shape index (κ1) is 12.9. The average Bonchev–Trinajstić information content (AvgIpc) is 2.40. The molecule has 94 valence electrons. The molecule has 4 heteroatoms. The first-order valence-corrected chi connectivity index (χ1v) is 6.89. The van der Waals surface area contributed by atoms with Crippen molar-refractivity contribution in [1.29, 1.82) is 0 Å². The van der Waals surface area contributed by atoms with Crippen LogP contribution < -0.4 is 16.4 Å². The second-order valence-electron chi connectivity index (χ2n) is 4.87. The number of rotatable bonds is 3. The average molecular weight is 298 g/mol. The summed E-state index contributed by atoms with van der Waals surface area (Å²) in [5, 5.41) is 0. The smallest absolute Gasteiger partial charge is 0.0366 e. The van der Waals surface area contributed by atoms with Gasteiger partial charge in [-0.2, -0.15) is 0 Å². The highest BCUT2D eigenvalue weighted by Crippen LogP contribution is 2.31. The molecule has 0 aliphatic carbocycles. The molecule has 0 bridgehead atoms. The molecule has 0 unspecified atom stereocenters. The second kappa shape index (κ2) is 5.38. The minimum Gasteiger partial charge on any atom is -0.371 e. The first-order valence-electron chi connectivity index (χ1n) is 6.10. The van der Waals surface area contributed by atoms with Gasteiger partial charge >= 0.3 is 0 Å². The topological polar surface area (TPSA) is 55.3 Å². The summed E-state index contributed by atoms with van der Waals surface area (Å²) >= 11 is 3.46. The van der Waals surface area contributed by atoms with Crippen LogP contribution in [0.5, 0.6) is 0 Å². The van der Waals surface area contributed by atoms with Crippen LogP contribution in [0.3, 0.4) is 0 Å². The summed E-state index contributed by atoms with van der Waals surface area (Å²) in [5.74, 6) is 0. The van der Waals surface area contributed by atoms with Gasteiger partial charge in [-0.05, 0) is 55.6 Å². The van der Waals surface area contributed by atoms with E-state index in [4.69, 9.17) is 11.5 Å². The summed E-state index contributed by atoms with van der Waals surface area (Å²) in [6, 6.07) is 8.48.